The van der Waals surface area contributed by atoms with Crippen molar-refractivity contribution >= 4 is 11.9 Å². The van der Waals surface area contributed by atoms with Crippen molar-refractivity contribution in [2.24, 2.45) is 23.7 Å². The Morgan fingerprint density at radius 2 is 1.04 bits per heavy atom. The molecule has 2 heterocycles. The maximum absolute atomic E-state index is 12.0. The van der Waals surface area contributed by atoms with E-state index in [9.17, 15) is 9.59 Å². The van der Waals surface area contributed by atoms with Gasteiger partial charge in [-0.3, -0.25) is 9.59 Å². The van der Waals surface area contributed by atoms with E-state index in [1.165, 1.54) is 116 Å². The number of carbonyl (C=O) groups excluding carboxylic acids is 2. The lowest BCUT2D eigenvalue weighted by atomic mass is 9.65. The number of carbonyl (C=O) groups is 2. The lowest BCUT2D eigenvalue weighted by Gasteiger charge is -2.40. The van der Waals surface area contributed by atoms with Crippen molar-refractivity contribution in [3.8, 4) is 0 Å². The van der Waals surface area contributed by atoms with Crippen LogP contribution in [0.2, 0.25) is 0 Å². The second-order valence-electron chi connectivity index (χ2n) is 15.0. The number of rotatable bonds is 31. The van der Waals surface area contributed by atoms with Crippen molar-refractivity contribution < 1.29 is 28.5 Å². The molecule has 0 aromatic rings. The zero-order chi connectivity index (χ0) is 34.1. The zero-order valence-electron chi connectivity index (χ0n) is 31.0. The van der Waals surface area contributed by atoms with E-state index in [0.717, 1.165) is 50.7 Å². The van der Waals surface area contributed by atoms with Gasteiger partial charge >= 0.3 is 11.9 Å². The number of esters is 2. The molecule has 276 valence electrons. The van der Waals surface area contributed by atoms with Gasteiger partial charge in [-0.25, -0.2) is 0 Å². The van der Waals surface area contributed by atoms with Gasteiger partial charge < -0.3 is 18.9 Å². The fraction of sp³-hybridized carbons (Fsp3) is 0.857. The molecule has 0 bridgehead atoms. The van der Waals surface area contributed by atoms with Crippen LogP contribution in [-0.2, 0) is 28.5 Å². The van der Waals surface area contributed by atoms with Gasteiger partial charge in [-0.15, -0.1) is 0 Å². The fourth-order valence-corrected chi connectivity index (χ4v) is 7.50. The van der Waals surface area contributed by atoms with Gasteiger partial charge in [0.1, 0.15) is 25.4 Å². The van der Waals surface area contributed by atoms with Crippen molar-refractivity contribution in [1.29, 1.82) is 0 Å². The Morgan fingerprint density at radius 1 is 0.583 bits per heavy atom. The third-order valence-corrected chi connectivity index (χ3v) is 10.7. The van der Waals surface area contributed by atoms with Crippen molar-refractivity contribution in [2.75, 3.05) is 26.4 Å². The highest BCUT2D eigenvalue weighted by Crippen LogP contribution is 2.44. The van der Waals surface area contributed by atoms with Crippen LogP contribution < -0.4 is 0 Å². The monoisotopic (exact) mass is 673 g/mol. The van der Waals surface area contributed by atoms with Crippen LogP contribution in [0.1, 0.15) is 168 Å². The number of unbranched alkanes of at least 4 members (excludes halogenated alkanes) is 14. The Labute approximate surface area is 294 Å². The van der Waals surface area contributed by atoms with Crippen LogP contribution in [0, 0.1) is 23.7 Å². The highest BCUT2D eigenvalue weighted by Gasteiger charge is 2.34. The molecule has 0 aromatic heterocycles. The molecule has 0 N–H and O–H groups in total. The topological polar surface area (TPSA) is 77.7 Å². The minimum Gasteiger partial charge on any atom is -0.463 e. The van der Waals surface area contributed by atoms with Gasteiger partial charge in [0.15, 0.2) is 0 Å². The van der Waals surface area contributed by atoms with E-state index in [4.69, 9.17) is 18.9 Å². The lowest BCUT2D eigenvalue weighted by Crippen LogP contribution is -2.31. The lowest BCUT2D eigenvalue weighted by molar-refractivity contribution is -0.145. The van der Waals surface area contributed by atoms with Crippen molar-refractivity contribution in [2.45, 2.75) is 180 Å². The highest BCUT2D eigenvalue weighted by molar-refractivity contribution is 5.69. The van der Waals surface area contributed by atoms with Crippen molar-refractivity contribution in [3.05, 3.63) is 24.3 Å². The average molecular weight is 673 g/mol. The molecule has 0 radical (unpaired) electrons. The summed E-state index contributed by atoms with van der Waals surface area (Å²) < 4.78 is 20.8. The van der Waals surface area contributed by atoms with Gasteiger partial charge in [-0.2, -0.15) is 0 Å². The number of hydrogen-bond donors (Lipinski definition) is 0. The minimum atomic E-state index is -0.0719. The van der Waals surface area contributed by atoms with E-state index in [1.807, 2.05) is 0 Å². The standard InChI is InChI=1S/C42H72O6/c1-3-5-7-9-13-19-25-39-35(23-17-8-6-4-2)29-30-36(24-18-12-10-15-21-27-41(43)47-33-37-31-45-37)40(39)26-20-14-11-16-22-28-42(44)48-34-38-32-46-38/h13,19,29-30,35-40H,3-12,14-18,20-28,31-34H2,1-2H3. The predicted molar refractivity (Wildman–Crippen MR) is 196 cm³/mol. The third kappa shape index (κ3) is 19.5. The van der Waals surface area contributed by atoms with Crippen molar-refractivity contribution in [1.82, 2.24) is 0 Å². The predicted octanol–water partition coefficient (Wildman–Crippen LogP) is 10.9. The Balaban J connectivity index is 1.45. The summed E-state index contributed by atoms with van der Waals surface area (Å²) >= 11 is 0. The van der Waals surface area contributed by atoms with Crippen LogP contribution in [0.25, 0.3) is 0 Å². The number of epoxide rings is 2. The fourth-order valence-electron chi connectivity index (χ4n) is 7.50. The molecule has 6 atom stereocenters. The number of ether oxygens (including phenoxy) is 4. The van der Waals surface area contributed by atoms with E-state index in [2.05, 4.69) is 38.2 Å². The quantitative estimate of drug-likeness (QED) is 0.0316. The van der Waals surface area contributed by atoms with Gasteiger partial charge in [0.05, 0.1) is 13.2 Å². The first-order chi connectivity index (χ1) is 23.6. The smallest absolute Gasteiger partial charge is 0.305 e. The first kappa shape index (κ1) is 40.8. The summed E-state index contributed by atoms with van der Waals surface area (Å²) in [6.45, 7) is 6.92. The maximum Gasteiger partial charge on any atom is 0.305 e. The summed E-state index contributed by atoms with van der Waals surface area (Å²) in [5.74, 6) is 2.76. The first-order valence-corrected chi connectivity index (χ1v) is 20.5. The maximum atomic E-state index is 12.0. The minimum absolute atomic E-state index is 0.0696. The van der Waals surface area contributed by atoms with Gasteiger partial charge in [0.2, 0.25) is 0 Å². The van der Waals surface area contributed by atoms with E-state index >= 15 is 0 Å². The molecular formula is C42H72O6. The summed E-state index contributed by atoms with van der Waals surface area (Å²) in [5, 5.41) is 0. The summed E-state index contributed by atoms with van der Waals surface area (Å²) in [5.41, 5.74) is 0. The van der Waals surface area contributed by atoms with E-state index in [1.54, 1.807) is 0 Å². The SMILES string of the molecule is CCCCCC=CCC1C(CCCCCC)C=CC(CCCCCCCC(=O)OCC2CO2)C1CCCCCCCC(=O)OCC1CO1. The molecule has 2 fully saturated rings. The van der Waals surface area contributed by atoms with Crippen LogP contribution in [-0.4, -0.2) is 50.6 Å². The Bertz CT molecular complexity index is 891. The largest absolute Gasteiger partial charge is 0.463 e. The number of hydrogen-bond acceptors (Lipinski definition) is 6. The van der Waals surface area contributed by atoms with E-state index in [0.29, 0.717) is 37.9 Å². The average Bonchev–Trinajstić information content (AvgIpc) is 4.02. The van der Waals surface area contributed by atoms with Gasteiger partial charge in [-0.05, 0) is 75.0 Å². The van der Waals surface area contributed by atoms with Gasteiger partial charge in [0.25, 0.3) is 0 Å². The second-order valence-corrected chi connectivity index (χ2v) is 15.0. The summed E-state index contributed by atoms with van der Waals surface area (Å²) in [6.07, 6.45) is 38.9. The molecule has 2 aliphatic heterocycles. The van der Waals surface area contributed by atoms with E-state index in [-0.39, 0.29) is 24.1 Å². The molecule has 3 aliphatic rings. The molecule has 2 saturated heterocycles. The molecular weight excluding hydrogens is 600 g/mol. The van der Waals surface area contributed by atoms with Crippen LogP contribution in [0.3, 0.4) is 0 Å². The second kappa shape index (κ2) is 26.2. The van der Waals surface area contributed by atoms with Crippen LogP contribution in [0.5, 0.6) is 0 Å². The molecule has 6 heteroatoms. The normalized spacial score (nSPS) is 24.6. The summed E-state index contributed by atoms with van der Waals surface area (Å²) in [4.78, 5) is 23.9. The molecule has 0 saturated carbocycles. The molecule has 48 heavy (non-hydrogen) atoms. The summed E-state index contributed by atoms with van der Waals surface area (Å²) in [6, 6.07) is 0. The van der Waals surface area contributed by atoms with E-state index < -0.39 is 0 Å². The Morgan fingerprint density at radius 3 is 1.58 bits per heavy atom. The zero-order valence-corrected chi connectivity index (χ0v) is 31.0. The Kier molecular flexibility index (Phi) is 22.2. The third-order valence-electron chi connectivity index (χ3n) is 10.7. The molecule has 0 spiro atoms. The van der Waals surface area contributed by atoms with Crippen LogP contribution in [0.15, 0.2) is 24.3 Å². The number of allylic oxidation sites excluding steroid dienone is 4. The molecule has 0 amide bonds. The molecule has 1 aliphatic carbocycles. The molecule has 6 unspecified atom stereocenters. The molecule has 3 rings (SSSR count). The van der Waals surface area contributed by atoms with Gasteiger partial charge in [0, 0.05) is 12.8 Å². The van der Waals surface area contributed by atoms with Crippen LogP contribution in [0.4, 0.5) is 0 Å². The summed E-state index contributed by atoms with van der Waals surface area (Å²) in [7, 11) is 0. The highest BCUT2D eigenvalue weighted by atomic mass is 16.6. The first-order valence-electron chi connectivity index (χ1n) is 20.5. The molecule has 6 nitrogen and oxygen atoms in total. The molecule has 0 aromatic carbocycles. The van der Waals surface area contributed by atoms with Gasteiger partial charge in [-0.1, -0.05) is 128 Å². The van der Waals surface area contributed by atoms with Crippen molar-refractivity contribution in [3.63, 3.8) is 0 Å². The van der Waals surface area contributed by atoms with Crippen LogP contribution >= 0.6 is 0 Å². The Hall–Kier alpha value is -1.66.